The smallest absolute Gasteiger partial charge is 0.246 e. The largest absolute Gasteiger partial charge is 0.497 e. The molecule has 2 rings (SSSR count). The molecule has 0 N–H and O–H groups in total. The number of likely N-dealkylation sites (tertiary alicyclic amines) is 1. The first-order valence-electron chi connectivity index (χ1n) is 7.60. The average Bonchev–Trinajstić information content (AvgIpc) is 2.59. The van der Waals surface area contributed by atoms with Crippen molar-refractivity contribution in [2.45, 2.75) is 19.3 Å². The number of piperidine rings is 1. The minimum Gasteiger partial charge on any atom is -0.497 e. The van der Waals surface area contributed by atoms with Crippen LogP contribution in [0.5, 0.6) is 11.5 Å². The highest BCUT2D eigenvalue weighted by molar-refractivity contribution is 5.88. The number of rotatable bonds is 5. The molecule has 0 atom stereocenters. The van der Waals surface area contributed by atoms with Crippen LogP contribution >= 0.6 is 0 Å². The van der Waals surface area contributed by atoms with Gasteiger partial charge in [0, 0.05) is 30.8 Å². The quantitative estimate of drug-likeness (QED) is 0.619. The second kappa shape index (κ2) is 8.27. The first kappa shape index (κ1) is 16.1. The Hall–Kier alpha value is -2.23. The zero-order valence-electron chi connectivity index (χ0n) is 13.2. The van der Waals surface area contributed by atoms with Crippen LogP contribution in [0.1, 0.15) is 24.8 Å². The van der Waals surface area contributed by atoms with Crippen molar-refractivity contribution >= 4 is 12.0 Å². The highest BCUT2D eigenvalue weighted by Crippen LogP contribution is 2.25. The van der Waals surface area contributed by atoms with Gasteiger partial charge in [-0.05, 0) is 31.4 Å². The third kappa shape index (κ3) is 4.38. The van der Waals surface area contributed by atoms with Crippen molar-refractivity contribution in [3.63, 3.8) is 0 Å². The third-order valence-corrected chi connectivity index (χ3v) is 3.73. The van der Waals surface area contributed by atoms with Gasteiger partial charge in [-0.15, -0.1) is 0 Å². The third-order valence-electron chi connectivity index (χ3n) is 3.73. The van der Waals surface area contributed by atoms with Crippen molar-refractivity contribution in [3.8, 4) is 11.5 Å². The summed E-state index contributed by atoms with van der Waals surface area (Å²) in [6.45, 7) is 1.75. The van der Waals surface area contributed by atoms with E-state index in [4.69, 9.17) is 9.47 Å². The Morgan fingerprint density at radius 3 is 2.55 bits per heavy atom. The van der Waals surface area contributed by atoms with Crippen molar-refractivity contribution in [3.05, 3.63) is 42.0 Å². The molecule has 1 aliphatic heterocycles. The molecule has 0 aromatic heterocycles. The molecule has 22 heavy (non-hydrogen) atoms. The van der Waals surface area contributed by atoms with E-state index in [0.29, 0.717) is 0 Å². The Balaban J connectivity index is 1.96. The number of methoxy groups -OCH3 is 2. The Labute approximate surface area is 132 Å². The van der Waals surface area contributed by atoms with Crippen LogP contribution in [0.4, 0.5) is 0 Å². The molecule has 1 fully saturated rings. The van der Waals surface area contributed by atoms with Gasteiger partial charge in [0.1, 0.15) is 11.5 Å². The van der Waals surface area contributed by atoms with Gasteiger partial charge in [0.15, 0.2) is 0 Å². The highest BCUT2D eigenvalue weighted by Gasteiger charge is 2.13. The molecule has 0 bridgehead atoms. The Morgan fingerprint density at radius 2 is 1.86 bits per heavy atom. The zero-order chi connectivity index (χ0) is 15.8. The number of ether oxygens (including phenoxy) is 2. The minimum absolute atomic E-state index is 0.0889. The van der Waals surface area contributed by atoms with Crippen LogP contribution < -0.4 is 9.47 Å². The fourth-order valence-corrected chi connectivity index (χ4v) is 2.47. The van der Waals surface area contributed by atoms with Crippen LogP contribution in [0.15, 0.2) is 36.4 Å². The molecule has 4 heteroatoms. The molecular formula is C18H23NO3. The van der Waals surface area contributed by atoms with E-state index in [9.17, 15) is 4.79 Å². The number of allylic oxidation sites excluding steroid dienone is 2. The van der Waals surface area contributed by atoms with E-state index in [1.165, 1.54) is 6.42 Å². The van der Waals surface area contributed by atoms with Crippen LogP contribution in [-0.2, 0) is 4.79 Å². The second-order valence-corrected chi connectivity index (χ2v) is 5.21. The summed E-state index contributed by atoms with van der Waals surface area (Å²) < 4.78 is 10.5. The Morgan fingerprint density at radius 1 is 1.09 bits per heavy atom. The standard InChI is InChI=1S/C18H23NO3/c1-21-16-11-10-15(17(14-16)22-2)8-4-5-9-18(20)19-12-6-3-7-13-19/h4-5,8-11,14H,3,6-7,12-13H2,1-2H3/b8-4+,9-5+. The Kier molecular flexibility index (Phi) is 6.07. The highest BCUT2D eigenvalue weighted by atomic mass is 16.5. The maximum Gasteiger partial charge on any atom is 0.246 e. The number of benzene rings is 1. The van der Waals surface area contributed by atoms with Gasteiger partial charge >= 0.3 is 0 Å². The molecule has 1 heterocycles. The lowest BCUT2D eigenvalue weighted by Crippen LogP contribution is -2.34. The van der Waals surface area contributed by atoms with Gasteiger partial charge in [-0.25, -0.2) is 0 Å². The normalized spacial score (nSPS) is 15.5. The van der Waals surface area contributed by atoms with Crippen molar-refractivity contribution in [2.75, 3.05) is 27.3 Å². The lowest BCUT2D eigenvalue weighted by molar-refractivity contribution is -0.126. The van der Waals surface area contributed by atoms with Crippen molar-refractivity contribution in [1.82, 2.24) is 4.90 Å². The molecule has 0 spiro atoms. The van der Waals surface area contributed by atoms with Gasteiger partial charge in [-0.1, -0.05) is 18.2 Å². The van der Waals surface area contributed by atoms with Gasteiger partial charge in [0.2, 0.25) is 5.91 Å². The lowest BCUT2D eigenvalue weighted by atomic mass is 10.1. The predicted octanol–water partition coefficient (Wildman–Crippen LogP) is 3.29. The van der Waals surface area contributed by atoms with Crippen LogP contribution in [-0.4, -0.2) is 38.1 Å². The topological polar surface area (TPSA) is 38.8 Å². The van der Waals surface area contributed by atoms with Crippen LogP contribution in [0.2, 0.25) is 0 Å². The molecule has 0 saturated carbocycles. The lowest BCUT2D eigenvalue weighted by Gasteiger charge is -2.25. The summed E-state index contributed by atoms with van der Waals surface area (Å²) in [5.74, 6) is 1.59. The first-order chi connectivity index (χ1) is 10.7. The summed E-state index contributed by atoms with van der Waals surface area (Å²) in [7, 11) is 3.25. The molecule has 0 unspecified atom stereocenters. The summed E-state index contributed by atoms with van der Waals surface area (Å²) >= 11 is 0. The van der Waals surface area contributed by atoms with Crippen molar-refractivity contribution in [1.29, 1.82) is 0 Å². The number of amides is 1. The second-order valence-electron chi connectivity index (χ2n) is 5.21. The molecule has 1 aliphatic rings. The van der Waals surface area contributed by atoms with Gasteiger partial charge in [0.05, 0.1) is 14.2 Å². The molecule has 1 aromatic rings. The van der Waals surface area contributed by atoms with Gasteiger partial charge in [0.25, 0.3) is 0 Å². The van der Waals surface area contributed by atoms with Gasteiger partial charge < -0.3 is 14.4 Å². The number of carbonyl (C=O) groups excluding carboxylic acids is 1. The maximum atomic E-state index is 12.0. The molecule has 4 nitrogen and oxygen atoms in total. The van der Waals surface area contributed by atoms with Crippen molar-refractivity contribution in [2.24, 2.45) is 0 Å². The van der Waals surface area contributed by atoms with Gasteiger partial charge in [-0.2, -0.15) is 0 Å². The Bertz CT molecular complexity index is 557. The predicted molar refractivity (Wildman–Crippen MR) is 88.2 cm³/mol. The molecule has 1 saturated heterocycles. The molecule has 118 valence electrons. The van der Waals surface area contributed by atoms with Crippen LogP contribution in [0, 0.1) is 0 Å². The molecular weight excluding hydrogens is 278 g/mol. The van der Waals surface area contributed by atoms with E-state index in [0.717, 1.165) is 43.0 Å². The SMILES string of the molecule is COc1ccc(/C=C/C=C/C(=O)N2CCCCC2)c(OC)c1. The number of hydrogen-bond acceptors (Lipinski definition) is 3. The summed E-state index contributed by atoms with van der Waals surface area (Å²) in [5, 5.41) is 0. The molecule has 1 aromatic carbocycles. The van der Waals surface area contributed by atoms with E-state index in [1.54, 1.807) is 26.4 Å². The minimum atomic E-state index is 0.0889. The monoisotopic (exact) mass is 301 g/mol. The maximum absolute atomic E-state index is 12.0. The molecule has 1 amide bonds. The molecule has 0 aliphatic carbocycles. The average molecular weight is 301 g/mol. The van der Waals surface area contributed by atoms with Crippen LogP contribution in [0.3, 0.4) is 0 Å². The number of hydrogen-bond donors (Lipinski definition) is 0. The first-order valence-corrected chi connectivity index (χ1v) is 7.60. The fraction of sp³-hybridized carbons (Fsp3) is 0.389. The van der Waals surface area contributed by atoms with Crippen LogP contribution in [0.25, 0.3) is 6.08 Å². The number of carbonyl (C=O) groups is 1. The summed E-state index contributed by atoms with van der Waals surface area (Å²) in [6, 6.07) is 5.64. The summed E-state index contributed by atoms with van der Waals surface area (Å²) in [4.78, 5) is 13.9. The van der Waals surface area contributed by atoms with Crippen molar-refractivity contribution < 1.29 is 14.3 Å². The molecule has 0 radical (unpaired) electrons. The zero-order valence-corrected chi connectivity index (χ0v) is 13.2. The van der Waals surface area contributed by atoms with E-state index in [1.807, 2.05) is 35.3 Å². The fourth-order valence-electron chi connectivity index (χ4n) is 2.47. The van der Waals surface area contributed by atoms with E-state index in [2.05, 4.69) is 0 Å². The van der Waals surface area contributed by atoms with E-state index >= 15 is 0 Å². The van der Waals surface area contributed by atoms with E-state index in [-0.39, 0.29) is 5.91 Å². The van der Waals surface area contributed by atoms with Gasteiger partial charge in [-0.3, -0.25) is 4.79 Å². The van der Waals surface area contributed by atoms with E-state index < -0.39 is 0 Å². The summed E-state index contributed by atoms with van der Waals surface area (Å²) in [5.41, 5.74) is 0.943. The summed E-state index contributed by atoms with van der Waals surface area (Å²) in [6.07, 6.45) is 10.6. The number of nitrogens with zero attached hydrogens (tertiary/aromatic N) is 1.